The molecule has 2 aliphatic carbocycles. The molecule has 172 valence electrons. The molecule has 35 heavy (non-hydrogen) atoms. The fraction of sp³-hybridized carbons (Fsp3) is 0.200. The van der Waals surface area contributed by atoms with E-state index in [4.69, 9.17) is 0 Å². The van der Waals surface area contributed by atoms with Crippen molar-refractivity contribution in [3.8, 4) is 11.1 Å². The highest BCUT2D eigenvalue weighted by atomic mass is 14.3. The number of rotatable bonds is 4. The Kier molecular flexibility index (Phi) is 5.53. The minimum atomic E-state index is 0.334. The van der Waals surface area contributed by atoms with Crippen LogP contribution in [0.25, 0.3) is 39.6 Å². The van der Waals surface area contributed by atoms with E-state index in [0.717, 1.165) is 12.8 Å². The van der Waals surface area contributed by atoms with E-state index in [-0.39, 0.29) is 0 Å². The molecule has 4 aromatic carbocycles. The molecular weight excluding hydrogens is 420 g/mol. The Bertz CT molecular complexity index is 1490. The summed E-state index contributed by atoms with van der Waals surface area (Å²) in [7, 11) is 0. The van der Waals surface area contributed by atoms with Crippen LogP contribution in [0.3, 0.4) is 0 Å². The second-order valence-electron chi connectivity index (χ2n) is 10.1. The maximum absolute atomic E-state index is 4.20. The maximum atomic E-state index is 4.20. The quantitative estimate of drug-likeness (QED) is 0.270. The lowest BCUT2D eigenvalue weighted by molar-refractivity contribution is 0.733. The molecule has 0 bridgehead atoms. The normalized spacial score (nSPS) is 17.1. The van der Waals surface area contributed by atoms with Crippen LogP contribution >= 0.6 is 0 Å². The maximum Gasteiger partial charge on any atom is 0.00620 e. The molecule has 4 aromatic rings. The van der Waals surface area contributed by atoms with E-state index in [9.17, 15) is 0 Å². The van der Waals surface area contributed by atoms with Gasteiger partial charge in [0, 0.05) is 5.92 Å². The van der Waals surface area contributed by atoms with Gasteiger partial charge in [0.05, 0.1) is 0 Å². The zero-order chi connectivity index (χ0) is 23.9. The van der Waals surface area contributed by atoms with Gasteiger partial charge in [0.25, 0.3) is 0 Å². The molecule has 0 heteroatoms. The predicted molar refractivity (Wildman–Crippen MR) is 153 cm³/mol. The first-order chi connectivity index (χ1) is 17.2. The highest BCUT2D eigenvalue weighted by molar-refractivity contribution is 5.96. The van der Waals surface area contributed by atoms with Crippen LogP contribution in [-0.4, -0.2) is 0 Å². The van der Waals surface area contributed by atoms with Gasteiger partial charge < -0.3 is 0 Å². The third kappa shape index (κ3) is 3.78. The fourth-order valence-electron chi connectivity index (χ4n) is 5.81. The summed E-state index contributed by atoms with van der Waals surface area (Å²) in [6.45, 7) is 8.76. The van der Waals surface area contributed by atoms with Crippen molar-refractivity contribution in [2.75, 3.05) is 0 Å². The molecule has 6 rings (SSSR count). The summed E-state index contributed by atoms with van der Waals surface area (Å²) in [5.74, 6) is 0.929. The van der Waals surface area contributed by atoms with Crippen LogP contribution in [0.5, 0.6) is 0 Å². The van der Waals surface area contributed by atoms with Crippen LogP contribution in [0.2, 0.25) is 0 Å². The minimum absolute atomic E-state index is 0.334. The Morgan fingerprint density at radius 2 is 1.66 bits per heavy atom. The average molecular weight is 453 g/mol. The lowest BCUT2D eigenvalue weighted by Crippen LogP contribution is -2.12. The van der Waals surface area contributed by atoms with Gasteiger partial charge in [0.2, 0.25) is 0 Å². The molecule has 0 aromatic heterocycles. The number of hydrogen-bond donors (Lipinski definition) is 0. The van der Waals surface area contributed by atoms with Crippen molar-refractivity contribution >= 4 is 28.5 Å². The van der Waals surface area contributed by atoms with Crippen LogP contribution in [0, 0.1) is 5.92 Å². The highest BCUT2D eigenvalue weighted by Crippen LogP contribution is 2.43. The Morgan fingerprint density at radius 3 is 2.40 bits per heavy atom. The first-order valence-corrected chi connectivity index (χ1v) is 12.9. The number of fused-ring (bicyclic) bond motifs is 6. The van der Waals surface area contributed by atoms with Crippen LogP contribution in [0.1, 0.15) is 59.6 Å². The largest absolute Gasteiger partial charge is 0.102 e. The van der Waals surface area contributed by atoms with Gasteiger partial charge in [-0.1, -0.05) is 98.8 Å². The Balaban J connectivity index is 1.51. The van der Waals surface area contributed by atoms with Gasteiger partial charge in [0.15, 0.2) is 0 Å². The molecule has 2 aliphatic rings. The first kappa shape index (κ1) is 21.9. The highest BCUT2D eigenvalue weighted by Gasteiger charge is 2.24. The van der Waals surface area contributed by atoms with Gasteiger partial charge in [-0.05, 0) is 98.2 Å². The van der Waals surface area contributed by atoms with Gasteiger partial charge >= 0.3 is 0 Å². The molecule has 0 fully saturated rings. The van der Waals surface area contributed by atoms with Crippen molar-refractivity contribution in [1.82, 2.24) is 0 Å². The molecule has 0 saturated carbocycles. The van der Waals surface area contributed by atoms with Crippen LogP contribution in [0.4, 0.5) is 0 Å². The Labute approximate surface area is 209 Å². The fourth-order valence-corrected chi connectivity index (χ4v) is 5.81. The van der Waals surface area contributed by atoms with E-state index in [1.54, 1.807) is 0 Å². The summed E-state index contributed by atoms with van der Waals surface area (Å²) < 4.78 is 0. The summed E-state index contributed by atoms with van der Waals surface area (Å²) >= 11 is 0. The van der Waals surface area contributed by atoms with Crippen molar-refractivity contribution < 1.29 is 0 Å². The molecular formula is C35H32. The van der Waals surface area contributed by atoms with Crippen LogP contribution in [0.15, 0.2) is 91.5 Å². The molecule has 0 amide bonds. The number of allylic oxidation sites excluding steroid dienone is 3. The SMILES string of the molecule is C=CC1Cc2ccc3c(c2C=C1c1ccc(C(C)CC)cc1)C=CCc1cc2ccccc2cc1-3. The van der Waals surface area contributed by atoms with Gasteiger partial charge in [-0.2, -0.15) is 0 Å². The smallest absolute Gasteiger partial charge is 0.00620 e. The number of benzene rings is 4. The zero-order valence-corrected chi connectivity index (χ0v) is 20.7. The molecule has 2 unspecified atom stereocenters. The summed E-state index contributed by atoms with van der Waals surface area (Å²) in [5.41, 5.74) is 12.4. The summed E-state index contributed by atoms with van der Waals surface area (Å²) in [6.07, 6.45) is 12.4. The van der Waals surface area contributed by atoms with Crippen molar-refractivity contribution in [3.05, 3.63) is 125 Å². The van der Waals surface area contributed by atoms with Crippen molar-refractivity contribution in [2.45, 2.75) is 39.0 Å². The molecule has 2 atom stereocenters. The Hall–Kier alpha value is -3.64. The molecule has 0 nitrogen and oxygen atoms in total. The number of hydrogen-bond acceptors (Lipinski definition) is 0. The monoisotopic (exact) mass is 452 g/mol. The second kappa shape index (κ2) is 8.86. The third-order valence-electron chi connectivity index (χ3n) is 8.11. The van der Waals surface area contributed by atoms with Gasteiger partial charge in [-0.15, -0.1) is 6.58 Å². The minimum Gasteiger partial charge on any atom is -0.102 e. The molecule has 0 heterocycles. The zero-order valence-electron chi connectivity index (χ0n) is 20.7. The topological polar surface area (TPSA) is 0 Å². The lowest BCUT2D eigenvalue weighted by atomic mass is 9.77. The summed E-state index contributed by atoms with van der Waals surface area (Å²) in [4.78, 5) is 0. The van der Waals surface area contributed by atoms with E-state index in [2.05, 4.69) is 118 Å². The summed E-state index contributed by atoms with van der Waals surface area (Å²) in [5, 5.41) is 2.62. The molecule has 0 N–H and O–H groups in total. The molecule has 0 radical (unpaired) electrons. The third-order valence-corrected chi connectivity index (χ3v) is 8.11. The van der Waals surface area contributed by atoms with Crippen molar-refractivity contribution in [3.63, 3.8) is 0 Å². The molecule has 0 spiro atoms. The van der Waals surface area contributed by atoms with Crippen LogP contribution < -0.4 is 0 Å². The average Bonchev–Trinajstić information content (AvgIpc) is 3.09. The van der Waals surface area contributed by atoms with E-state index < -0.39 is 0 Å². The van der Waals surface area contributed by atoms with Gasteiger partial charge in [-0.25, -0.2) is 0 Å². The second-order valence-corrected chi connectivity index (χ2v) is 10.1. The summed E-state index contributed by atoms with van der Waals surface area (Å²) in [6, 6.07) is 27.4. The molecule has 0 aliphatic heterocycles. The lowest BCUT2D eigenvalue weighted by Gasteiger charge is -2.27. The van der Waals surface area contributed by atoms with E-state index in [1.807, 2.05) is 0 Å². The van der Waals surface area contributed by atoms with Crippen molar-refractivity contribution in [2.24, 2.45) is 5.92 Å². The molecule has 0 saturated heterocycles. The van der Waals surface area contributed by atoms with E-state index in [0.29, 0.717) is 11.8 Å². The standard InChI is InChI=1S/C35H32/c1-4-23(3)25-13-15-26(16-14-25)33-22-35-30(19-24(33)5-2)17-18-32-31(35)12-8-11-29-20-27-9-6-7-10-28(27)21-34(29)32/h5-10,12-18,20-24H,2,4,11,19H2,1,3H3. The van der Waals surface area contributed by atoms with Crippen LogP contribution in [-0.2, 0) is 12.8 Å². The van der Waals surface area contributed by atoms with Crippen molar-refractivity contribution in [1.29, 1.82) is 0 Å². The van der Waals surface area contributed by atoms with E-state index >= 15 is 0 Å². The first-order valence-electron chi connectivity index (χ1n) is 12.9. The van der Waals surface area contributed by atoms with Gasteiger partial charge in [0.1, 0.15) is 0 Å². The predicted octanol–water partition coefficient (Wildman–Crippen LogP) is 9.49. The van der Waals surface area contributed by atoms with Gasteiger partial charge in [-0.3, -0.25) is 0 Å². The Morgan fingerprint density at radius 1 is 0.886 bits per heavy atom. The van der Waals surface area contributed by atoms with E-state index in [1.165, 1.54) is 67.3 Å².